The lowest BCUT2D eigenvalue weighted by atomic mass is 10.0. The number of carbonyl (C=O) groups is 1. The number of carbonyl (C=O) groups excluding carboxylic acids is 1. The van der Waals surface area contributed by atoms with Gasteiger partial charge in [-0.15, -0.1) is 0 Å². The van der Waals surface area contributed by atoms with Gasteiger partial charge in [-0.25, -0.2) is 4.79 Å². The highest BCUT2D eigenvalue weighted by molar-refractivity contribution is 5.70. The van der Waals surface area contributed by atoms with Crippen LogP contribution in [0.25, 0.3) is 0 Å². The van der Waals surface area contributed by atoms with Crippen molar-refractivity contribution in [2.45, 2.75) is 25.0 Å². The van der Waals surface area contributed by atoms with Gasteiger partial charge in [0, 0.05) is 0 Å². The van der Waals surface area contributed by atoms with Crippen molar-refractivity contribution in [3.63, 3.8) is 0 Å². The van der Waals surface area contributed by atoms with E-state index < -0.39 is 0 Å². The van der Waals surface area contributed by atoms with E-state index in [1.54, 1.807) is 0 Å². The van der Waals surface area contributed by atoms with Gasteiger partial charge in [0.05, 0.1) is 6.04 Å². The molecule has 1 fully saturated rings. The Kier molecular flexibility index (Phi) is 1.16. The van der Waals surface area contributed by atoms with Crippen LogP contribution in [0.4, 0.5) is 4.79 Å². The van der Waals surface area contributed by atoms with E-state index in [0.717, 1.165) is 12.8 Å². The number of fused-ring (bicyclic) bond motifs is 1. The van der Waals surface area contributed by atoms with Gasteiger partial charge < -0.3 is 10.1 Å². The molecular weight excluding hydrogens is 130 g/mol. The van der Waals surface area contributed by atoms with Gasteiger partial charge in [0.15, 0.2) is 0 Å². The first-order valence-electron chi connectivity index (χ1n) is 3.50. The van der Waals surface area contributed by atoms with Gasteiger partial charge in [-0.2, -0.15) is 0 Å². The molecule has 54 valence electrons. The van der Waals surface area contributed by atoms with Gasteiger partial charge in [-0.1, -0.05) is 6.08 Å². The second-order valence-electron chi connectivity index (χ2n) is 2.63. The molecule has 0 aromatic rings. The van der Waals surface area contributed by atoms with Crippen molar-refractivity contribution in [3.8, 4) is 0 Å². The molecule has 1 aliphatic heterocycles. The van der Waals surface area contributed by atoms with E-state index in [1.165, 1.54) is 0 Å². The third-order valence-electron chi connectivity index (χ3n) is 1.91. The number of hydrogen-bond donors (Lipinski definition) is 1. The lowest BCUT2D eigenvalue weighted by Gasteiger charge is -2.15. The molecule has 2 aliphatic rings. The summed E-state index contributed by atoms with van der Waals surface area (Å²) in [4.78, 5) is 10.6. The van der Waals surface area contributed by atoms with Crippen LogP contribution in [0.5, 0.6) is 0 Å². The van der Waals surface area contributed by atoms with Gasteiger partial charge in [0.2, 0.25) is 0 Å². The minimum absolute atomic E-state index is 0.00116. The Hall–Kier alpha value is -0.990. The lowest BCUT2D eigenvalue weighted by molar-refractivity contribution is 0.151. The molecule has 0 unspecified atom stereocenters. The molecule has 0 radical (unpaired) electrons. The van der Waals surface area contributed by atoms with E-state index in [4.69, 9.17) is 4.74 Å². The highest BCUT2D eigenvalue weighted by Crippen LogP contribution is 2.19. The van der Waals surface area contributed by atoms with Gasteiger partial charge in [0.1, 0.15) is 6.10 Å². The summed E-state index contributed by atoms with van der Waals surface area (Å²) >= 11 is 0. The summed E-state index contributed by atoms with van der Waals surface area (Å²) in [6.07, 6.45) is 5.79. The number of allylic oxidation sites excluding steroid dienone is 1. The molecule has 1 heterocycles. The SMILES string of the molecule is O=C1N[C@H]2CCC=C[C@@H]2O1. The van der Waals surface area contributed by atoms with E-state index in [2.05, 4.69) is 11.4 Å². The van der Waals surface area contributed by atoms with Crippen molar-refractivity contribution >= 4 is 6.09 Å². The molecule has 3 heteroatoms. The fourth-order valence-corrected chi connectivity index (χ4v) is 1.39. The fourth-order valence-electron chi connectivity index (χ4n) is 1.39. The molecule has 2 atom stereocenters. The quantitative estimate of drug-likeness (QED) is 0.504. The first-order valence-corrected chi connectivity index (χ1v) is 3.50. The maximum absolute atomic E-state index is 10.6. The third-order valence-corrected chi connectivity index (χ3v) is 1.91. The molecule has 2 rings (SSSR count). The predicted octanol–water partition coefficient (Wildman–Crippen LogP) is 0.813. The maximum atomic E-state index is 10.6. The number of amides is 1. The molecule has 1 saturated heterocycles. The van der Waals surface area contributed by atoms with Crippen LogP contribution in [0.2, 0.25) is 0 Å². The zero-order chi connectivity index (χ0) is 6.97. The zero-order valence-corrected chi connectivity index (χ0v) is 5.54. The second kappa shape index (κ2) is 2.01. The van der Waals surface area contributed by atoms with E-state index in [1.807, 2.05) is 6.08 Å². The molecule has 0 bridgehead atoms. The highest BCUT2D eigenvalue weighted by Gasteiger charge is 2.32. The number of rotatable bonds is 0. The largest absolute Gasteiger partial charge is 0.440 e. The van der Waals surface area contributed by atoms with Crippen molar-refractivity contribution in [1.29, 1.82) is 0 Å². The summed E-state index contributed by atoms with van der Waals surface area (Å²) in [5, 5.41) is 2.74. The smallest absolute Gasteiger partial charge is 0.408 e. The molecule has 0 saturated carbocycles. The van der Waals surface area contributed by atoms with Crippen molar-refractivity contribution in [1.82, 2.24) is 5.32 Å². The first kappa shape index (κ1) is 5.77. The summed E-state index contributed by atoms with van der Waals surface area (Å²) in [6.45, 7) is 0. The van der Waals surface area contributed by atoms with Crippen LogP contribution < -0.4 is 5.32 Å². The van der Waals surface area contributed by atoms with Crippen molar-refractivity contribution < 1.29 is 9.53 Å². The Morgan fingerprint density at radius 2 is 2.60 bits per heavy atom. The van der Waals surface area contributed by atoms with E-state index in [9.17, 15) is 4.79 Å². The maximum Gasteiger partial charge on any atom is 0.408 e. The van der Waals surface area contributed by atoms with Gasteiger partial charge >= 0.3 is 6.09 Å². The number of hydrogen-bond acceptors (Lipinski definition) is 2. The molecule has 0 aromatic heterocycles. The van der Waals surface area contributed by atoms with E-state index in [-0.39, 0.29) is 18.2 Å². The van der Waals surface area contributed by atoms with Crippen LogP contribution in [0.3, 0.4) is 0 Å². The molecule has 1 N–H and O–H groups in total. The number of alkyl carbamates (subject to hydrolysis) is 1. The van der Waals surface area contributed by atoms with Gasteiger partial charge in [-0.05, 0) is 18.9 Å². The van der Waals surface area contributed by atoms with E-state index in [0.29, 0.717) is 0 Å². The summed E-state index contributed by atoms with van der Waals surface area (Å²) < 4.78 is 4.93. The second-order valence-corrected chi connectivity index (χ2v) is 2.63. The Bertz CT molecular complexity index is 188. The average Bonchev–Trinajstić information content (AvgIpc) is 2.27. The Balaban J connectivity index is 2.15. The van der Waals surface area contributed by atoms with Crippen LogP contribution in [0.15, 0.2) is 12.2 Å². The molecule has 1 amide bonds. The van der Waals surface area contributed by atoms with Crippen molar-refractivity contribution in [3.05, 3.63) is 12.2 Å². The predicted molar refractivity (Wildman–Crippen MR) is 35.6 cm³/mol. The fraction of sp³-hybridized carbons (Fsp3) is 0.571. The summed E-state index contributed by atoms with van der Waals surface area (Å²) in [5.74, 6) is 0. The Morgan fingerprint density at radius 3 is 3.40 bits per heavy atom. The third kappa shape index (κ3) is 0.781. The average molecular weight is 139 g/mol. The molecular formula is C7H9NO2. The molecule has 10 heavy (non-hydrogen) atoms. The molecule has 0 spiro atoms. The lowest BCUT2D eigenvalue weighted by Crippen LogP contribution is -2.31. The van der Waals surface area contributed by atoms with Crippen LogP contribution >= 0.6 is 0 Å². The first-order chi connectivity index (χ1) is 4.86. The normalized spacial score (nSPS) is 36.6. The Labute approximate surface area is 59.1 Å². The van der Waals surface area contributed by atoms with E-state index >= 15 is 0 Å². The van der Waals surface area contributed by atoms with Gasteiger partial charge in [0.25, 0.3) is 0 Å². The number of nitrogens with one attached hydrogen (secondary N) is 1. The van der Waals surface area contributed by atoms with Gasteiger partial charge in [-0.3, -0.25) is 0 Å². The molecule has 0 aromatic carbocycles. The van der Waals surface area contributed by atoms with Crippen molar-refractivity contribution in [2.75, 3.05) is 0 Å². The van der Waals surface area contributed by atoms with Crippen LogP contribution in [-0.4, -0.2) is 18.2 Å². The minimum Gasteiger partial charge on any atom is -0.440 e. The monoisotopic (exact) mass is 139 g/mol. The molecule has 3 nitrogen and oxygen atoms in total. The summed E-state index contributed by atoms with van der Waals surface area (Å²) in [6, 6.07) is 0.234. The van der Waals surface area contributed by atoms with Crippen LogP contribution in [0.1, 0.15) is 12.8 Å². The topological polar surface area (TPSA) is 38.3 Å². The zero-order valence-electron chi connectivity index (χ0n) is 5.54. The summed E-state index contributed by atoms with van der Waals surface area (Å²) in [7, 11) is 0. The Morgan fingerprint density at radius 1 is 1.70 bits per heavy atom. The number of ether oxygens (including phenoxy) is 1. The van der Waals surface area contributed by atoms with Crippen LogP contribution in [-0.2, 0) is 4.74 Å². The summed E-state index contributed by atoms with van der Waals surface area (Å²) in [5.41, 5.74) is 0. The van der Waals surface area contributed by atoms with Crippen molar-refractivity contribution in [2.24, 2.45) is 0 Å². The van der Waals surface area contributed by atoms with Crippen LogP contribution in [0, 0.1) is 0 Å². The highest BCUT2D eigenvalue weighted by atomic mass is 16.6. The molecule has 1 aliphatic carbocycles. The minimum atomic E-state index is -0.276. The standard InChI is InChI=1S/C7H9NO2/c9-7-8-5-3-1-2-4-6(5)10-7/h2,4-6H,1,3H2,(H,8,9)/t5-,6-/m0/s1.